The quantitative estimate of drug-likeness (QED) is 0.699. The van der Waals surface area contributed by atoms with Crippen LogP contribution in [0.1, 0.15) is 23.7 Å². The molecule has 3 rings (SSSR count). The molecule has 1 heteroatoms. The van der Waals surface area contributed by atoms with E-state index < -0.39 is 6.10 Å². The largest absolute Gasteiger partial charge is 0.388 e. The summed E-state index contributed by atoms with van der Waals surface area (Å²) in [6.07, 6.45) is 1.23. The zero-order valence-electron chi connectivity index (χ0n) is 12.5. The monoisotopic (exact) mass is 288 g/mol. The van der Waals surface area contributed by atoms with E-state index in [1.54, 1.807) is 0 Å². The lowest BCUT2D eigenvalue weighted by Crippen LogP contribution is -1.99. The van der Waals surface area contributed by atoms with Crippen molar-refractivity contribution in [2.75, 3.05) is 0 Å². The van der Waals surface area contributed by atoms with Crippen molar-refractivity contribution in [1.29, 1.82) is 0 Å². The molecule has 0 aliphatic heterocycles. The molecule has 1 atom stereocenters. The van der Waals surface area contributed by atoms with Gasteiger partial charge in [0.15, 0.2) is 0 Å². The minimum Gasteiger partial charge on any atom is -0.388 e. The number of aryl methyl sites for hydroxylation is 1. The summed E-state index contributed by atoms with van der Waals surface area (Å²) in [5.74, 6) is 0. The molecule has 1 unspecified atom stereocenters. The fraction of sp³-hybridized carbons (Fsp3) is 0.143. The summed E-state index contributed by atoms with van der Waals surface area (Å²) in [6, 6.07) is 28.8. The van der Waals surface area contributed by atoms with Gasteiger partial charge in [0, 0.05) is 0 Å². The molecule has 0 saturated carbocycles. The Balaban J connectivity index is 1.62. The molecule has 0 aromatic heterocycles. The maximum Gasteiger partial charge on any atom is 0.0793 e. The van der Waals surface area contributed by atoms with Gasteiger partial charge in [-0.25, -0.2) is 0 Å². The van der Waals surface area contributed by atoms with Crippen LogP contribution in [0, 0.1) is 0 Å². The van der Waals surface area contributed by atoms with Crippen molar-refractivity contribution < 1.29 is 5.11 Å². The Morgan fingerprint density at radius 3 is 1.82 bits per heavy atom. The summed E-state index contributed by atoms with van der Waals surface area (Å²) in [6.45, 7) is 0. The number of aliphatic hydroxyl groups is 1. The molecule has 0 fully saturated rings. The Morgan fingerprint density at radius 2 is 1.18 bits per heavy atom. The average molecular weight is 288 g/mol. The molecule has 22 heavy (non-hydrogen) atoms. The van der Waals surface area contributed by atoms with E-state index in [1.807, 2.05) is 36.4 Å². The van der Waals surface area contributed by atoms with E-state index in [2.05, 4.69) is 48.5 Å². The number of benzene rings is 3. The second-order valence-corrected chi connectivity index (χ2v) is 5.53. The zero-order valence-corrected chi connectivity index (χ0v) is 12.5. The molecule has 3 aromatic carbocycles. The topological polar surface area (TPSA) is 20.2 Å². The Bertz CT molecular complexity index is 687. The van der Waals surface area contributed by atoms with Crippen LogP contribution in [0.5, 0.6) is 0 Å². The van der Waals surface area contributed by atoms with Crippen molar-refractivity contribution in [1.82, 2.24) is 0 Å². The lowest BCUT2D eigenvalue weighted by atomic mass is 9.99. The van der Waals surface area contributed by atoms with E-state index in [1.165, 1.54) is 16.7 Å². The normalized spacial score (nSPS) is 12.0. The van der Waals surface area contributed by atoms with Crippen molar-refractivity contribution in [2.24, 2.45) is 0 Å². The van der Waals surface area contributed by atoms with Gasteiger partial charge in [-0.05, 0) is 35.1 Å². The van der Waals surface area contributed by atoms with Gasteiger partial charge in [-0.2, -0.15) is 0 Å². The lowest BCUT2D eigenvalue weighted by molar-refractivity contribution is 0.168. The first-order chi connectivity index (χ1) is 10.8. The standard InChI is InChI=1S/C21H20O/c22-21(20-9-5-2-6-10-20)16-13-17-11-14-19(15-12-17)18-7-3-1-4-8-18/h1-12,14-15,21-22H,13,16H2. The molecule has 0 aliphatic rings. The molecule has 0 spiro atoms. The summed E-state index contributed by atoms with van der Waals surface area (Å²) >= 11 is 0. The number of hydrogen-bond acceptors (Lipinski definition) is 1. The second-order valence-electron chi connectivity index (χ2n) is 5.53. The highest BCUT2D eigenvalue weighted by atomic mass is 16.3. The zero-order chi connectivity index (χ0) is 15.2. The van der Waals surface area contributed by atoms with Gasteiger partial charge in [0.05, 0.1) is 6.10 Å². The Kier molecular flexibility index (Phi) is 4.67. The van der Waals surface area contributed by atoms with Crippen LogP contribution in [0.25, 0.3) is 11.1 Å². The van der Waals surface area contributed by atoms with Gasteiger partial charge in [-0.3, -0.25) is 0 Å². The average Bonchev–Trinajstić information content (AvgIpc) is 2.61. The second kappa shape index (κ2) is 7.06. The summed E-state index contributed by atoms with van der Waals surface area (Å²) in [7, 11) is 0. The van der Waals surface area contributed by atoms with Crippen molar-refractivity contribution in [3.05, 3.63) is 96.1 Å². The SMILES string of the molecule is OC(CCc1ccc(-c2ccccc2)cc1)c1ccccc1. The van der Waals surface area contributed by atoms with Gasteiger partial charge in [0.2, 0.25) is 0 Å². The Hall–Kier alpha value is -2.38. The molecule has 3 aromatic rings. The fourth-order valence-corrected chi connectivity index (χ4v) is 2.64. The summed E-state index contributed by atoms with van der Waals surface area (Å²) in [5, 5.41) is 10.2. The van der Waals surface area contributed by atoms with E-state index in [0.717, 1.165) is 18.4 Å². The number of hydrogen-bond donors (Lipinski definition) is 1. The number of rotatable bonds is 5. The van der Waals surface area contributed by atoms with Crippen LogP contribution in [-0.2, 0) is 6.42 Å². The van der Waals surface area contributed by atoms with Crippen LogP contribution in [0.15, 0.2) is 84.9 Å². The molecule has 1 N–H and O–H groups in total. The minimum atomic E-state index is -0.394. The summed E-state index contributed by atoms with van der Waals surface area (Å²) in [4.78, 5) is 0. The van der Waals surface area contributed by atoms with Gasteiger partial charge in [-0.1, -0.05) is 84.9 Å². The van der Waals surface area contributed by atoms with Crippen LogP contribution in [0.4, 0.5) is 0 Å². The molecule has 0 amide bonds. The van der Waals surface area contributed by atoms with Crippen molar-refractivity contribution >= 4 is 0 Å². The first-order valence-corrected chi connectivity index (χ1v) is 7.70. The first kappa shape index (κ1) is 14.6. The Morgan fingerprint density at radius 1 is 0.636 bits per heavy atom. The fourth-order valence-electron chi connectivity index (χ4n) is 2.64. The molecular formula is C21H20O. The van der Waals surface area contributed by atoms with Crippen molar-refractivity contribution in [3.63, 3.8) is 0 Å². The van der Waals surface area contributed by atoms with Crippen molar-refractivity contribution in [3.8, 4) is 11.1 Å². The van der Waals surface area contributed by atoms with E-state index in [-0.39, 0.29) is 0 Å². The highest BCUT2D eigenvalue weighted by molar-refractivity contribution is 5.63. The first-order valence-electron chi connectivity index (χ1n) is 7.70. The Labute approximate surface area is 131 Å². The molecular weight excluding hydrogens is 268 g/mol. The van der Waals surface area contributed by atoms with Crippen LogP contribution in [0.2, 0.25) is 0 Å². The third-order valence-electron chi connectivity index (χ3n) is 3.95. The van der Waals surface area contributed by atoms with Gasteiger partial charge < -0.3 is 5.11 Å². The van der Waals surface area contributed by atoms with Crippen LogP contribution in [-0.4, -0.2) is 5.11 Å². The van der Waals surface area contributed by atoms with E-state index in [4.69, 9.17) is 0 Å². The van der Waals surface area contributed by atoms with Gasteiger partial charge in [-0.15, -0.1) is 0 Å². The highest BCUT2D eigenvalue weighted by Crippen LogP contribution is 2.22. The minimum absolute atomic E-state index is 0.394. The number of aliphatic hydroxyl groups excluding tert-OH is 1. The molecule has 0 bridgehead atoms. The molecule has 0 saturated heterocycles. The summed E-state index contributed by atoms with van der Waals surface area (Å²) < 4.78 is 0. The lowest BCUT2D eigenvalue weighted by Gasteiger charge is -2.11. The van der Waals surface area contributed by atoms with Gasteiger partial charge in [0.25, 0.3) is 0 Å². The van der Waals surface area contributed by atoms with Gasteiger partial charge >= 0.3 is 0 Å². The molecule has 110 valence electrons. The van der Waals surface area contributed by atoms with E-state index in [9.17, 15) is 5.11 Å². The third kappa shape index (κ3) is 3.63. The predicted molar refractivity (Wildman–Crippen MR) is 91.6 cm³/mol. The van der Waals surface area contributed by atoms with Crippen LogP contribution >= 0.6 is 0 Å². The van der Waals surface area contributed by atoms with Crippen LogP contribution < -0.4 is 0 Å². The van der Waals surface area contributed by atoms with E-state index in [0.29, 0.717) is 0 Å². The van der Waals surface area contributed by atoms with Crippen molar-refractivity contribution in [2.45, 2.75) is 18.9 Å². The molecule has 0 radical (unpaired) electrons. The molecule has 0 aliphatic carbocycles. The smallest absolute Gasteiger partial charge is 0.0793 e. The maximum atomic E-state index is 10.2. The van der Waals surface area contributed by atoms with Gasteiger partial charge in [0.1, 0.15) is 0 Å². The summed E-state index contributed by atoms with van der Waals surface area (Å²) in [5.41, 5.74) is 4.71. The predicted octanol–water partition coefficient (Wildman–Crippen LogP) is 5.02. The third-order valence-corrected chi connectivity index (χ3v) is 3.95. The molecule has 1 nitrogen and oxygen atoms in total. The highest BCUT2D eigenvalue weighted by Gasteiger charge is 2.07. The maximum absolute atomic E-state index is 10.2. The van der Waals surface area contributed by atoms with E-state index >= 15 is 0 Å². The molecule has 0 heterocycles. The van der Waals surface area contributed by atoms with Crippen LogP contribution in [0.3, 0.4) is 0 Å².